The summed E-state index contributed by atoms with van der Waals surface area (Å²) < 4.78 is 22.0. The first-order valence-corrected chi connectivity index (χ1v) is 7.79. The number of aryl methyl sites for hydroxylation is 1. The van der Waals surface area contributed by atoms with Gasteiger partial charge in [0.1, 0.15) is 4.34 Å². The molecule has 3 nitrogen and oxygen atoms in total. The summed E-state index contributed by atoms with van der Waals surface area (Å²) in [5, 5.41) is 1.93. The molecule has 0 saturated carbocycles. The van der Waals surface area contributed by atoms with Crippen molar-refractivity contribution in [2.45, 2.75) is 11.3 Å². The maximum Gasteiger partial charge on any atom is 0.233 e. The lowest BCUT2D eigenvalue weighted by Gasteiger charge is -1.93. The number of hydrogen-bond donors (Lipinski definition) is 0. The Bertz CT molecular complexity index is 373. The van der Waals surface area contributed by atoms with Crippen molar-refractivity contribution in [3.63, 3.8) is 0 Å². The Morgan fingerprint density at radius 3 is 2.85 bits per heavy atom. The van der Waals surface area contributed by atoms with Crippen molar-refractivity contribution < 1.29 is 8.42 Å². The van der Waals surface area contributed by atoms with Crippen molar-refractivity contribution in [2.24, 2.45) is 0 Å². The molecule has 1 rings (SSSR count). The summed E-state index contributed by atoms with van der Waals surface area (Å²) in [6, 6.07) is 0. The van der Waals surface area contributed by atoms with E-state index in [0.29, 0.717) is 5.75 Å². The van der Waals surface area contributed by atoms with Gasteiger partial charge in [-0.05, 0) is 6.92 Å². The largest absolute Gasteiger partial charge is 0.235 e. The van der Waals surface area contributed by atoms with Crippen LogP contribution in [-0.4, -0.2) is 24.9 Å². The molecular weight excluding hydrogens is 250 g/mol. The van der Waals surface area contributed by atoms with E-state index in [1.807, 2.05) is 12.3 Å². The van der Waals surface area contributed by atoms with Crippen LogP contribution in [0.15, 0.2) is 9.72 Å². The molecule has 0 aliphatic rings. The van der Waals surface area contributed by atoms with E-state index in [2.05, 4.69) is 4.98 Å². The fourth-order valence-electron chi connectivity index (χ4n) is 0.627. The first-order chi connectivity index (χ1) is 5.97. The highest BCUT2D eigenvalue weighted by Gasteiger charge is 2.06. The lowest BCUT2D eigenvalue weighted by atomic mass is 10.6. The third-order valence-corrected chi connectivity index (χ3v) is 4.70. The van der Waals surface area contributed by atoms with Gasteiger partial charge in [-0.3, -0.25) is 0 Å². The normalized spacial score (nSPS) is 11.8. The van der Waals surface area contributed by atoms with Crippen LogP contribution in [0.5, 0.6) is 0 Å². The van der Waals surface area contributed by atoms with Gasteiger partial charge in [-0.1, -0.05) is 11.8 Å². The summed E-state index contributed by atoms with van der Waals surface area (Å²) in [5.74, 6) is 0.441. The van der Waals surface area contributed by atoms with Crippen molar-refractivity contribution in [1.29, 1.82) is 0 Å². The van der Waals surface area contributed by atoms with Crippen LogP contribution in [0.25, 0.3) is 0 Å². The number of halogens is 1. The van der Waals surface area contributed by atoms with E-state index in [9.17, 15) is 8.42 Å². The summed E-state index contributed by atoms with van der Waals surface area (Å²) in [6.45, 7) is 1.90. The lowest BCUT2D eigenvalue weighted by Crippen LogP contribution is -1.99. The predicted octanol–water partition coefficient (Wildman–Crippen LogP) is 2.11. The highest BCUT2D eigenvalue weighted by Crippen LogP contribution is 2.22. The van der Waals surface area contributed by atoms with Gasteiger partial charge in [-0.2, -0.15) is 0 Å². The second-order valence-electron chi connectivity index (χ2n) is 2.35. The molecule has 1 aromatic rings. The molecule has 0 atom stereocenters. The minimum Gasteiger partial charge on any atom is -0.235 e. The van der Waals surface area contributed by atoms with Crippen molar-refractivity contribution in [1.82, 2.24) is 4.98 Å². The standard InChI is InChI=1S/C6H8ClNO2S3/c1-5-4-12-6(8-5)11-2-3-13(7,9)10/h4H,2-3H2,1H3. The number of rotatable bonds is 4. The van der Waals surface area contributed by atoms with Crippen LogP contribution in [0.4, 0.5) is 0 Å². The molecule has 0 aliphatic carbocycles. The van der Waals surface area contributed by atoms with Crippen molar-refractivity contribution in [3.8, 4) is 0 Å². The molecule has 1 heterocycles. The molecule has 0 amide bonds. The molecule has 0 spiro atoms. The smallest absolute Gasteiger partial charge is 0.233 e. The molecule has 0 fully saturated rings. The molecule has 0 radical (unpaired) electrons. The molecule has 7 heteroatoms. The molecule has 74 valence electrons. The molecule has 1 aromatic heterocycles. The maximum atomic E-state index is 10.6. The Hall–Kier alpha value is 0.220. The van der Waals surface area contributed by atoms with Gasteiger partial charge in [0.15, 0.2) is 0 Å². The van der Waals surface area contributed by atoms with Gasteiger partial charge in [0.25, 0.3) is 0 Å². The fourth-order valence-corrected chi connectivity index (χ4v) is 3.89. The fraction of sp³-hybridized carbons (Fsp3) is 0.500. The lowest BCUT2D eigenvalue weighted by molar-refractivity contribution is 0.611. The topological polar surface area (TPSA) is 47.0 Å². The second kappa shape index (κ2) is 4.63. The molecule has 0 aromatic carbocycles. The summed E-state index contributed by atoms with van der Waals surface area (Å²) in [7, 11) is 1.69. The Morgan fingerprint density at radius 1 is 1.69 bits per heavy atom. The molecule has 0 saturated heterocycles. The summed E-state index contributed by atoms with van der Waals surface area (Å²) >= 11 is 2.93. The third kappa shape index (κ3) is 4.85. The van der Waals surface area contributed by atoms with Crippen molar-refractivity contribution in [3.05, 3.63) is 11.1 Å². The number of thiazole rings is 1. The molecule has 0 unspecified atom stereocenters. The number of nitrogens with zero attached hydrogens (tertiary/aromatic N) is 1. The van der Waals surface area contributed by atoms with Gasteiger partial charge in [-0.15, -0.1) is 11.3 Å². The Morgan fingerprint density at radius 2 is 2.38 bits per heavy atom. The summed E-state index contributed by atoms with van der Waals surface area (Å²) in [4.78, 5) is 4.17. The maximum absolute atomic E-state index is 10.6. The summed E-state index contributed by atoms with van der Waals surface area (Å²) in [6.07, 6.45) is 0. The van der Waals surface area contributed by atoms with Crippen LogP contribution < -0.4 is 0 Å². The van der Waals surface area contributed by atoms with Gasteiger partial charge in [-0.25, -0.2) is 13.4 Å². The highest BCUT2D eigenvalue weighted by molar-refractivity contribution is 8.14. The monoisotopic (exact) mass is 257 g/mol. The van der Waals surface area contributed by atoms with E-state index < -0.39 is 9.05 Å². The van der Waals surface area contributed by atoms with Gasteiger partial charge in [0.05, 0.1) is 5.75 Å². The van der Waals surface area contributed by atoms with Gasteiger partial charge < -0.3 is 0 Å². The van der Waals surface area contributed by atoms with Gasteiger partial charge in [0.2, 0.25) is 9.05 Å². The minimum atomic E-state index is -3.36. The van der Waals surface area contributed by atoms with E-state index in [4.69, 9.17) is 10.7 Å². The first-order valence-electron chi connectivity index (χ1n) is 3.44. The van der Waals surface area contributed by atoms with Crippen LogP contribution in [-0.2, 0) is 9.05 Å². The van der Waals surface area contributed by atoms with Gasteiger partial charge in [0, 0.05) is 27.5 Å². The van der Waals surface area contributed by atoms with E-state index >= 15 is 0 Å². The third-order valence-electron chi connectivity index (χ3n) is 1.15. The van der Waals surface area contributed by atoms with Crippen LogP contribution in [0.1, 0.15) is 5.69 Å². The number of aromatic nitrogens is 1. The number of thioether (sulfide) groups is 1. The summed E-state index contributed by atoms with van der Waals surface area (Å²) in [5.41, 5.74) is 0.959. The Kier molecular flexibility index (Phi) is 4.03. The second-order valence-corrected chi connectivity index (χ2v) is 7.44. The quantitative estimate of drug-likeness (QED) is 0.612. The van der Waals surface area contributed by atoms with E-state index in [-0.39, 0.29) is 5.75 Å². The Balaban J connectivity index is 2.36. The highest BCUT2D eigenvalue weighted by atomic mass is 35.7. The Labute approximate surface area is 89.9 Å². The van der Waals surface area contributed by atoms with Gasteiger partial charge >= 0.3 is 0 Å². The molecule has 0 bridgehead atoms. The van der Waals surface area contributed by atoms with Crippen LogP contribution in [0, 0.1) is 6.92 Å². The average molecular weight is 258 g/mol. The van der Waals surface area contributed by atoms with Crippen molar-refractivity contribution in [2.75, 3.05) is 11.5 Å². The van der Waals surface area contributed by atoms with Crippen LogP contribution >= 0.6 is 33.8 Å². The van der Waals surface area contributed by atoms with E-state index in [1.54, 1.807) is 0 Å². The SMILES string of the molecule is Cc1csc(SCCS(=O)(=O)Cl)n1. The first kappa shape index (κ1) is 11.3. The zero-order valence-electron chi connectivity index (χ0n) is 6.86. The molecule has 0 aliphatic heterocycles. The van der Waals surface area contributed by atoms with Crippen LogP contribution in [0.3, 0.4) is 0 Å². The van der Waals surface area contributed by atoms with Crippen molar-refractivity contribution >= 4 is 42.8 Å². The van der Waals surface area contributed by atoms with E-state index in [1.165, 1.54) is 23.1 Å². The minimum absolute atomic E-state index is 0.0160. The molecule has 0 N–H and O–H groups in total. The number of hydrogen-bond acceptors (Lipinski definition) is 5. The zero-order valence-corrected chi connectivity index (χ0v) is 10.1. The average Bonchev–Trinajstić information content (AvgIpc) is 2.33. The van der Waals surface area contributed by atoms with E-state index in [0.717, 1.165) is 10.0 Å². The zero-order chi connectivity index (χ0) is 9.90. The molecular formula is C6H8ClNO2S3. The molecule has 13 heavy (non-hydrogen) atoms. The van der Waals surface area contributed by atoms with Crippen LogP contribution in [0.2, 0.25) is 0 Å². The predicted molar refractivity (Wildman–Crippen MR) is 57.2 cm³/mol.